The van der Waals surface area contributed by atoms with Crippen LogP contribution >= 0.6 is 15.9 Å². The van der Waals surface area contributed by atoms with Gasteiger partial charge in [-0.3, -0.25) is 9.59 Å². The lowest BCUT2D eigenvalue weighted by molar-refractivity contribution is -0.140. The number of halogens is 1. The standard InChI is InChI=1S/C11H18BrNO3/c1-3-4-8-5-10(14)13(6-8)7-9(12)11(15)16-2/h8-9H,3-7H2,1-2H3. The number of alkyl halides is 1. The maximum atomic E-state index is 11.7. The Bertz CT molecular complexity index is 270. The number of ether oxygens (including phenoxy) is 1. The fourth-order valence-corrected chi connectivity index (χ4v) is 2.56. The molecular formula is C11H18BrNO3. The highest BCUT2D eigenvalue weighted by molar-refractivity contribution is 9.10. The normalized spacial score (nSPS) is 22.3. The number of amides is 1. The van der Waals surface area contributed by atoms with E-state index in [1.165, 1.54) is 7.11 Å². The summed E-state index contributed by atoms with van der Waals surface area (Å²) >= 11 is 3.23. The molecule has 5 heteroatoms. The molecule has 92 valence electrons. The molecule has 0 saturated carbocycles. The van der Waals surface area contributed by atoms with E-state index in [2.05, 4.69) is 27.6 Å². The molecule has 16 heavy (non-hydrogen) atoms. The molecule has 0 aromatic heterocycles. The van der Waals surface area contributed by atoms with Crippen molar-refractivity contribution in [1.82, 2.24) is 4.90 Å². The predicted molar refractivity (Wildman–Crippen MR) is 64.3 cm³/mol. The maximum absolute atomic E-state index is 11.7. The van der Waals surface area contributed by atoms with Crippen molar-refractivity contribution in [3.63, 3.8) is 0 Å². The fourth-order valence-electron chi connectivity index (χ4n) is 2.03. The third kappa shape index (κ3) is 3.47. The van der Waals surface area contributed by atoms with Crippen molar-refractivity contribution in [1.29, 1.82) is 0 Å². The highest BCUT2D eigenvalue weighted by Gasteiger charge is 2.31. The quantitative estimate of drug-likeness (QED) is 0.571. The minimum absolute atomic E-state index is 0.145. The highest BCUT2D eigenvalue weighted by atomic mass is 79.9. The Balaban J connectivity index is 2.43. The molecule has 4 nitrogen and oxygen atoms in total. The van der Waals surface area contributed by atoms with Crippen LogP contribution in [0, 0.1) is 5.92 Å². The van der Waals surface area contributed by atoms with Crippen molar-refractivity contribution in [3.8, 4) is 0 Å². The number of likely N-dealkylation sites (tertiary alicyclic amines) is 1. The third-order valence-corrected chi connectivity index (χ3v) is 3.49. The second-order valence-electron chi connectivity index (χ2n) is 4.15. The molecule has 0 aromatic rings. The minimum atomic E-state index is -0.415. The summed E-state index contributed by atoms with van der Waals surface area (Å²) in [7, 11) is 1.35. The molecule has 2 atom stereocenters. The first-order valence-corrected chi connectivity index (χ1v) is 6.49. The number of carbonyl (C=O) groups excluding carboxylic acids is 2. The van der Waals surface area contributed by atoms with E-state index in [0.29, 0.717) is 18.9 Å². The van der Waals surface area contributed by atoms with E-state index in [0.717, 1.165) is 19.4 Å². The molecule has 0 radical (unpaired) electrons. The summed E-state index contributed by atoms with van der Waals surface area (Å²) in [6.45, 7) is 3.30. The second kappa shape index (κ2) is 6.23. The molecule has 0 bridgehead atoms. The van der Waals surface area contributed by atoms with E-state index in [1.54, 1.807) is 4.90 Å². The average molecular weight is 292 g/mol. The van der Waals surface area contributed by atoms with Gasteiger partial charge in [0, 0.05) is 19.5 Å². The Morgan fingerprint density at radius 3 is 2.94 bits per heavy atom. The van der Waals surface area contributed by atoms with E-state index in [-0.39, 0.29) is 11.9 Å². The highest BCUT2D eigenvalue weighted by Crippen LogP contribution is 2.23. The topological polar surface area (TPSA) is 46.6 Å². The number of carbonyl (C=O) groups is 2. The van der Waals surface area contributed by atoms with Crippen LogP contribution in [-0.2, 0) is 14.3 Å². The van der Waals surface area contributed by atoms with E-state index in [4.69, 9.17) is 0 Å². The summed E-state index contributed by atoms with van der Waals surface area (Å²) in [6.07, 6.45) is 2.79. The van der Waals surface area contributed by atoms with Crippen molar-refractivity contribution in [3.05, 3.63) is 0 Å². The molecule has 1 fully saturated rings. The van der Waals surface area contributed by atoms with Gasteiger partial charge < -0.3 is 9.64 Å². The molecular weight excluding hydrogens is 274 g/mol. The van der Waals surface area contributed by atoms with Gasteiger partial charge in [0.05, 0.1) is 7.11 Å². The maximum Gasteiger partial charge on any atom is 0.321 e. The monoisotopic (exact) mass is 291 g/mol. The SMILES string of the molecule is CCCC1CC(=O)N(CC(Br)C(=O)OC)C1. The molecule has 1 aliphatic rings. The fraction of sp³-hybridized carbons (Fsp3) is 0.818. The van der Waals surface area contributed by atoms with Crippen LogP contribution in [0.25, 0.3) is 0 Å². The van der Waals surface area contributed by atoms with Crippen LogP contribution in [0.1, 0.15) is 26.2 Å². The van der Waals surface area contributed by atoms with Crippen LogP contribution in [0.4, 0.5) is 0 Å². The summed E-state index contributed by atoms with van der Waals surface area (Å²) in [5.74, 6) is 0.272. The van der Waals surface area contributed by atoms with E-state index in [9.17, 15) is 9.59 Å². The molecule has 0 N–H and O–H groups in total. The van der Waals surface area contributed by atoms with Gasteiger partial charge in [0.25, 0.3) is 0 Å². The van der Waals surface area contributed by atoms with E-state index >= 15 is 0 Å². The van der Waals surface area contributed by atoms with Crippen LogP contribution in [0.2, 0.25) is 0 Å². The van der Waals surface area contributed by atoms with Crippen LogP contribution in [0.5, 0.6) is 0 Å². The molecule has 1 aliphatic heterocycles. The van der Waals surface area contributed by atoms with E-state index < -0.39 is 4.83 Å². The number of hydrogen-bond acceptors (Lipinski definition) is 3. The van der Waals surface area contributed by atoms with Gasteiger partial charge in [0.1, 0.15) is 4.83 Å². The first-order valence-electron chi connectivity index (χ1n) is 5.58. The summed E-state index contributed by atoms with van der Waals surface area (Å²) in [5, 5.41) is 0. The number of esters is 1. The van der Waals surface area contributed by atoms with Gasteiger partial charge in [0.2, 0.25) is 5.91 Å². The molecule has 1 rings (SSSR count). The third-order valence-electron chi connectivity index (χ3n) is 2.83. The van der Waals surface area contributed by atoms with Gasteiger partial charge in [-0.2, -0.15) is 0 Å². The Morgan fingerprint density at radius 2 is 2.38 bits per heavy atom. The summed E-state index contributed by atoms with van der Waals surface area (Å²) in [4.78, 5) is 24.2. The first kappa shape index (κ1) is 13.5. The molecule has 0 aromatic carbocycles. The lowest BCUT2D eigenvalue weighted by Gasteiger charge is -2.18. The van der Waals surface area contributed by atoms with Crippen LogP contribution in [-0.4, -0.2) is 41.8 Å². The van der Waals surface area contributed by atoms with Gasteiger partial charge in [-0.1, -0.05) is 29.3 Å². The molecule has 0 aliphatic carbocycles. The average Bonchev–Trinajstić information content (AvgIpc) is 2.58. The number of hydrogen-bond donors (Lipinski definition) is 0. The largest absolute Gasteiger partial charge is 0.468 e. The number of rotatable bonds is 5. The van der Waals surface area contributed by atoms with Crippen molar-refractivity contribution in [2.45, 2.75) is 31.0 Å². The van der Waals surface area contributed by atoms with Gasteiger partial charge in [0.15, 0.2) is 0 Å². The van der Waals surface area contributed by atoms with E-state index in [1.807, 2.05) is 0 Å². The van der Waals surface area contributed by atoms with Gasteiger partial charge in [-0.05, 0) is 12.3 Å². The Kier molecular flexibility index (Phi) is 5.25. The smallest absolute Gasteiger partial charge is 0.321 e. The lowest BCUT2D eigenvalue weighted by atomic mass is 10.0. The van der Waals surface area contributed by atoms with Crippen molar-refractivity contribution in [2.75, 3.05) is 20.2 Å². The van der Waals surface area contributed by atoms with Crippen molar-refractivity contribution >= 4 is 27.8 Å². The Morgan fingerprint density at radius 1 is 1.69 bits per heavy atom. The number of nitrogens with zero attached hydrogens (tertiary/aromatic N) is 1. The first-order chi connectivity index (χ1) is 7.58. The summed E-state index contributed by atoms with van der Waals surface area (Å²) in [6, 6.07) is 0. The van der Waals surface area contributed by atoms with Crippen molar-refractivity contribution in [2.24, 2.45) is 5.92 Å². The zero-order valence-electron chi connectivity index (χ0n) is 9.74. The lowest BCUT2D eigenvalue weighted by Crippen LogP contribution is -2.35. The van der Waals surface area contributed by atoms with Crippen LogP contribution < -0.4 is 0 Å². The van der Waals surface area contributed by atoms with Gasteiger partial charge >= 0.3 is 5.97 Å². The molecule has 0 spiro atoms. The van der Waals surface area contributed by atoms with Gasteiger partial charge in [-0.25, -0.2) is 0 Å². The zero-order chi connectivity index (χ0) is 12.1. The molecule has 2 unspecified atom stereocenters. The van der Waals surface area contributed by atoms with Gasteiger partial charge in [-0.15, -0.1) is 0 Å². The summed E-state index contributed by atoms with van der Waals surface area (Å²) in [5.41, 5.74) is 0. The van der Waals surface area contributed by atoms with Crippen LogP contribution in [0.3, 0.4) is 0 Å². The zero-order valence-corrected chi connectivity index (χ0v) is 11.3. The molecule has 1 amide bonds. The number of methoxy groups -OCH3 is 1. The van der Waals surface area contributed by atoms with Crippen molar-refractivity contribution < 1.29 is 14.3 Å². The minimum Gasteiger partial charge on any atom is -0.468 e. The Labute approximate surface area is 104 Å². The predicted octanol–water partition coefficient (Wildman–Crippen LogP) is 1.57. The second-order valence-corrected chi connectivity index (χ2v) is 5.25. The Hall–Kier alpha value is -0.580. The summed E-state index contributed by atoms with van der Waals surface area (Å²) < 4.78 is 4.61. The molecule has 1 saturated heterocycles. The molecule has 1 heterocycles. The van der Waals surface area contributed by atoms with Crippen LogP contribution in [0.15, 0.2) is 0 Å².